The molecular weight excluding hydrogens is 709 g/mol. The van der Waals surface area contributed by atoms with Gasteiger partial charge in [-0.25, -0.2) is 19.9 Å². The minimum Gasteiger partial charge on any atom is -0.309 e. The van der Waals surface area contributed by atoms with Crippen LogP contribution in [0.5, 0.6) is 0 Å². The maximum absolute atomic E-state index is 5.08. The number of fused-ring (bicyclic) bond motifs is 4. The van der Waals surface area contributed by atoms with Crippen molar-refractivity contribution in [3.63, 3.8) is 0 Å². The normalized spacial score (nSPS) is 11.4. The predicted octanol–water partition coefficient (Wildman–Crippen LogP) is 12.6. The van der Waals surface area contributed by atoms with E-state index in [1.54, 1.807) is 0 Å². The van der Waals surface area contributed by atoms with Gasteiger partial charge in [0.25, 0.3) is 0 Å². The zero-order chi connectivity index (χ0) is 38.4. The molecule has 11 rings (SSSR count). The summed E-state index contributed by atoms with van der Waals surface area (Å²) in [4.78, 5) is 20.0. The molecule has 4 aromatic heterocycles. The minimum absolute atomic E-state index is 0.617. The standard InChI is InChI=1S/C52H34N6/c1-4-16-35(17-5-1)43-33-40(52-55-50(36-18-6-2-7-19-36)54-51(56-52)37-20-8-3-9-21-37)29-30-46(43)58-45-26-11-10-24-42(45)49-41(25-15-27-47(49)58)38-22-14-23-39(32-38)44-34-57-31-13-12-28-48(57)53-44/h1-34H. The third kappa shape index (κ3) is 5.83. The molecule has 0 bridgehead atoms. The molecule has 0 N–H and O–H groups in total. The number of aromatic nitrogens is 6. The van der Waals surface area contributed by atoms with Crippen LogP contribution in [0.15, 0.2) is 207 Å². The maximum Gasteiger partial charge on any atom is 0.164 e. The third-order valence-corrected chi connectivity index (χ3v) is 10.8. The largest absolute Gasteiger partial charge is 0.309 e. The van der Waals surface area contributed by atoms with Crippen LogP contribution in [0, 0.1) is 0 Å². The van der Waals surface area contributed by atoms with Crippen LogP contribution in [-0.4, -0.2) is 28.9 Å². The molecule has 0 fully saturated rings. The maximum atomic E-state index is 5.08. The summed E-state index contributed by atoms with van der Waals surface area (Å²) in [6, 6.07) is 67.6. The lowest BCUT2D eigenvalue weighted by Crippen LogP contribution is -2.02. The molecule has 0 aliphatic rings. The van der Waals surface area contributed by atoms with Gasteiger partial charge < -0.3 is 8.97 Å². The molecule has 0 spiro atoms. The van der Waals surface area contributed by atoms with E-state index >= 15 is 0 Å². The van der Waals surface area contributed by atoms with Gasteiger partial charge in [0.1, 0.15) is 5.65 Å². The van der Waals surface area contributed by atoms with Gasteiger partial charge in [-0.1, -0.05) is 146 Å². The highest BCUT2D eigenvalue weighted by molar-refractivity contribution is 6.16. The van der Waals surface area contributed by atoms with E-state index in [-0.39, 0.29) is 0 Å². The lowest BCUT2D eigenvalue weighted by molar-refractivity contribution is 1.07. The Kier molecular flexibility index (Phi) is 8.04. The number of nitrogens with zero attached hydrogens (tertiary/aromatic N) is 6. The molecule has 7 aromatic carbocycles. The lowest BCUT2D eigenvalue weighted by atomic mass is 9.97. The Labute approximate surface area is 335 Å². The van der Waals surface area contributed by atoms with Crippen LogP contribution in [0.2, 0.25) is 0 Å². The highest BCUT2D eigenvalue weighted by Gasteiger charge is 2.21. The van der Waals surface area contributed by atoms with Crippen molar-refractivity contribution >= 4 is 27.5 Å². The minimum atomic E-state index is 0.617. The number of imidazole rings is 1. The van der Waals surface area contributed by atoms with Crippen molar-refractivity contribution in [2.75, 3.05) is 0 Å². The number of pyridine rings is 1. The molecule has 0 aliphatic heterocycles. The Hall–Kier alpha value is -7.96. The Bertz CT molecular complexity index is 3190. The summed E-state index contributed by atoms with van der Waals surface area (Å²) >= 11 is 0. The molecule has 0 unspecified atom stereocenters. The van der Waals surface area contributed by atoms with Gasteiger partial charge in [0.15, 0.2) is 17.5 Å². The Balaban J connectivity index is 1.11. The molecule has 4 heterocycles. The zero-order valence-corrected chi connectivity index (χ0v) is 31.3. The lowest BCUT2D eigenvalue weighted by Gasteiger charge is -2.16. The van der Waals surface area contributed by atoms with Crippen LogP contribution in [0.25, 0.3) is 101 Å². The first-order valence-corrected chi connectivity index (χ1v) is 19.4. The number of hydrogen-bond acceptors (Lipinski definition) is 4. The van der Waals surface area contributed by atoms with E-state index in [1.165, 1.54) is 16.3 Å². The van der Waals surface area contributed by atoms with E-state index in [4.69, 9.17) is 19.9 Å². The van der Waals surface area contributed by atoms with Crippen LogP contribution in [-0.2, 0) is 0 Å². The van der Waals surface area contributed by atoms with Crippen molar-refractivity contribution in [3.8, 4) is 73.4 Å². The molecular formula is C52H34N6. The number of benzene rings is 7. The van der Waals surface area contributed by atoms with Crippen LogP contribution < -0.4 is 0 Å². The highest BCUT2D eigenvalue weighted by atomic mass is 15.0. The van der Waals surface area contributed by atoms with Gasteiger partial charge in [0.2, 0.25) is 0 Å². The van der Waals surface area contributed by atoms with E-state index in [1.807, 2.05) is 85.1 Å². The first-order chi connectivity index (χ1) is 28.7. The van der Waals surface area contributed by atoms with E-state index in [2.05, 4.69) is 130 Å². The van der Waals surface area contributed by atoms with Gasteiger partial charge in [0.05, 0.1) is 22.4 Å². The second-order valence-electron chi connectivity index (χ2n) is 14.4. The van der Waals surface area contributed by atoms with E-state index < -0.39 is 0 Å². The molecule has 6 heteroatoms. The second kappa shape index (κ2) is 14.0. The average Bonchev–Trinajstić information content (AvgIpc) is 3.90. The van der Waals surface area contributed by atoms with Gasteiger partial charge in [-0.15, -0.1) is 0 Å². The number of rotatable bonds is 7. The van der Waals surface area contributed by atoms with Crippen LogP contribution >= 0.6 is 0 Å². The Morgan fingerprint density at radius 3 is 1.67 bits per heavy atom. The van der Waals surface area contributed by atoms with E-state index in [0.29, 0.717) is 17.5 Å². The van der Waals surface area contributed by atoms with E-state index in [9.17, 15) is 0 Å². The van der Waals surface area contributed by atoms with Crippen LogP contribution in [0.1, 0.15) is 0 Å². The summed E-state index contributed by atoms with van der Waals surface area (Å²) in [6.45, 7) is 0. The number of hydrogen-bond donors (Lipinski definition) is 0. The van der Waals surface area contributed by atoms with Gasteiger partial charge >= 0.3 is 0 Å². The van der Waals surface area contributed by atoms with Gasteiger partial charge in [0, 0.05) is 51.0 Å². The summed E-state index contributed by atoms with van der Waals surface area (Å²) < 4.78 is 4.47. The van der Waals surface area contributed by atoms with E-state index in [0.717, 1.165) is 67.0 Å². The average molecular weight is 743 g/mol. The molecule has 0 saturated carbocycles. The first kappa shape index (κ1) is 33.4. The van der Waals surface area contributed by atoms with Crippen molar-refractivity contribution in [3.05, 3.63) is 207 Å². The van der Waals surface area contributed by atoms with Crippen molar-refractivity contribution in [2.45, 2.75) is 0 Å². The predicted molar refractivity (Wildman–Crippen MR) is 236 cm³/mol. The van der Waals surface area contributed by atoms with Crippen LogP contribution in [0.3, 0.4) is 0 Å². The summed E-state index contributed by atoms with van der Waals surface area (Å²) in [5.41, 5.74) is 13.5. The fraction of sp³-hybridized carbons (Fsp3) is 0. The van der Waals surface area contributed by atoms with Crippen molar-refractivity contribution in [1.29, 1.82) is 0 Å². The van der Waals surface area contributed by atoms with Gasteiger partial charge in [-0.05, 0) is 65.2 Å². The summed E-state index contributed by atoms with van der Waals surface area (Å²) in [7, 11) is 0. The SMILES string of the molecule is c1ccc(-c2nc(-c3ccccc3)nc(-c3ccc(-n4c5ccccc5c5c(-c6cccc(-c7cn8ccccc8n7)c6)cccc54)c(-c4ccccc4)c3)n2)cc1. The van der Waals surface area contributed by atoms with Gasteiger partial charge in [-0.2, -0.15) is 0 Å². The van der Waals surface area contributed by atoms with Crippen molar-refractivity contribution in [2.24, 2.45) is 0 Å². The zero-order valence-electron chi connectivity index (χ0n) is 31.3. The van der Waals surface area contributed by atoms with Crippen molar-refractivity contribution < 1.29 is 0 Å². The second-order valence-corrected chi connectivity index (χ2v) is 14.4. The Morgan fingerprint density at radius 2 is 0.948 bits per heavy atom. The third-order valence-electron chi connectivity index (χ3n) is 10.8. The summed E-state index contributed by atoms with van der Waals surface area (Å²) in [6.07, 6.45) is 4.13. The summed E-state index contributed by atoms with van der Waals surface area (Å²) in [5.74, 6) is 1.89. The molecule has 58 heavy (non-hydrogen) atoms. The molecule has 0 atom stereocenters. The molecule has 6 nitrogen and oxygen atoms in total. The Morgan fingerprint density at radius 1 is 0.362 bits per heavy atom. The van der Waals surface area contributed by atoms with Crippen molar-refractivity contribution in [1.82, 2.24) is 28.9 Å². The molecule has 0 radical (unpaired) electrons. The fourth-order valence-corrected chi connectivity index (χ4v) is 8.10. The molecule has 272 valence electrons. The van der Waals surface area contributed by atoms with Gasteiger partial charge in [-0.3, -0.25) is 0 Å². The monoisotopic (exact) mass is 742 g/mol. The topological polar surface area (TPSA) is 60.9 Å². The fourth-order valence-electron chi connectivity index (χ4n) is 8.10. The van der Waals surface area contributed by atoms with Crippen LogP contribution in [0.4, 0.5) is 0 Å². The first-order valence-electron chi connectivity index (χ1n) is 19.4. The smallest absolute Gasteiger partial charge is 0.164 e. The molecule has 0 saturated heterocycles. The molecule has 11 aromatic rings. The highest BCUT2D eigenvalue weighted by Crippen LogP contribution is 2.42. The summed E-state index contributed by atoms with van der Waals surface area (Å²) in [5, 5.41) is 2.39. The number of para-hydroxylation sites is 1. The quantitative estimate of drug-likeness (QED) is 0.163. The molecule has 0 amide bonds. The molecule has 0 aliphatic carbocycles.